The fourth-order valence-corrected chi connectivity index (χ4v) is 5.81. The summed E-state index contributed by atoms with van der Waals surface area (Å²) in [5, 5.41) is 5.33. The number of ether oxygens (including phenoxy) is 2. The molecule has 4 aliphatic carbocycles. The molecular weight excluding hydrogens is 412 g/mol. The number of carbonyl (C=O) groups is 2. The zero-order valence-corrected chi connectivity index (χ0v) is 16.5. The van der Waals surface area contributed by atoms with E-state index in [1.807, 2.05) is 6.07 Å². The molecule has 0 aromatic heterocycles. The number of carbonyl (C=O) groups excluding carboxylic acids is 2. The van der Waals surface area contributed by atoms with E-state index >= 15 is 0 Å². The van der Waals surface area contributed by atoms with Gasteiger partial charge in [0.1, 0.15) is 0 Å². The van der Waals surface area contributed by atoms with Crippen LogP contribution >= 0.6 is 15.9 Å². The van der Waals surface area contributed by atoms with Gasteiger partial charge in [0.25, 0.3) is 11.8 Å². The molecule has 6 unspecified atom stereocenters. The molecule has 0 N–H and O–H groups in total. The van der Waals surface area contributed by atoms with Crippen molar-refractivity contribution < 1.29 is 19.1 Å². The van der Waals surface area contributed by atoms with Crippen LogP contribution in [0.5, 0.6) is 11.5 Å². The molecule has 6 nitrogen and oxygen atoms in total. The Morgan fingerprint density at radius 2 is 1.70 bits per heavy atom. The SMILES string of the molecule is COc1cc(/C=N/N2C(=O)C3C4C=CC(C5CC45)C3C2=O)cc(Br)c1OC. The van der Waals surface area contributed by atoms with E-state index in [0.717, 1.165) is 11.4 Å². The molecule has 1 heterocycles. The maximum atomic E-state index is 12.9. The predicted molar refractivity (Wildman–Crippen MR) is 101 cm³/mol. The van der Waals surface area contributed by atoms with Crippen molar-refractivity contribution in [3.05, 3.63) is 34.3 Å². The van der Waals surface area contributed by atoms with Crippen LogP contribution in [0.25, 0.3) is 0 Å². The number of hydrogen-bond acceptors (Lipinski definition) is 5. The molecule has 7 heteroatoms. The van der Waals surface area contributed by atoms with Gasteiger partial charge in [0.05, 0.1) is 36.7 Å². The highest BCUT2D eigenvalue weighted by Crippen LogP contribution is 2.65. The van der Waals surface area contributed by atoms with Crippen LogP contribution in [-0.4, -0.2) is 37.3 Å². The van der Waals surface area contributed by atoms with E-state index in [1.54, 1.807) is 20.3 Å². The molecule has 1 saturated heterocycles. The number of hydrazone groups is 1. The quantitative estimate of drug-likeness (QED) is 0.418. The Balaban J connectivity index is 1.43. The van der Waals surface area contributed by atoms with Gasteiger partial charge in [-0.1, -0.05) is 12.2 Å². The summed E-state index contributed by atoms with van der Waals surface area (Å²) in [5.74, 6) is 1.92. The topological polar surface area (TPSA) is 68.2 Å². The molecule has 1 aliphatic heterocycles. The molecule has 2 bridgehead atoms. The lowest BCUT2D eigenvalue weighted by Crippen LogP contribution is -2.40. The maximum absolute atomic E-state index is 12.9. The van der Waals surface area contributed by atoms with Gasteiger partial charge in [-0.15, -0.1) is 0 Å². The van der Waals surface area contributed by atoms with Crippen LogP contribution in [0.15, 0.2) is 33.9 Å². The van der Waals surface area contributed by atoms with Crippen LogP contribution in [-0.2, 0) is 9.59 Å². The largest absolute Gasteiger partial charge is 0.493 e. The van der Waals surface area contributed by atoms with Crippen LogP contribution in [0.1, 0.15) is 12.0 Å². The Labute approximate surface area is 165 Å². The number of methoxy groups -OCH3 is 2. The van der Waals surface area contributed by atoms with Crippen molar-refractivity contribution in [3.8, 4) is 11.5 Å². The number of halogens is 1. The third kappa shape index (κ3) is 2.33. The van der Waals surface area contributed by atoms with Gasteiger partial charge in [-0.2, -0.15) is 10.1 Å². The standard InChI is InChI=1S/C20H19BrN2O4/c1-26-15-6-9(5-14(21)18(15)27-2)8-22-23-19(24)16-10-3-4-11(13-7-12(10)13)17(16)20(23)25/h3-6,8,10-13,16-17H,7H2,1-2H3/b22-8+. The fourth-order valence-electron chi connectivity index (χ4n) is 5.19. The van der Waals surface area contributed by atoms with Crippen molar-refractivity contribution in [1.82, 2.24) is 5.01 Å². The van der Waals surface area contributed by atoms with E-state index in [-0.39, 0.29) is 35.5 Å². The first kappa shape index (κ1) is 17.0. The van der Waals surface area contributed by atoms with Crippen LogP contribution < -0.4 is 9.47 Å². The molecule has 6 rings (SSSR count). The fraction of sp³-hybridized carbons (Fsp3) is 0.450. The van der Waals surface area contributed by atoms with Crippen LogP contribution in [0.3, 0.4) is 0 Å². The first-order valence-electron chi connectivity index (χ1n) is 9.06. The number of imide groups is 1. The van der Waals surface area contributed by atoms with Gasteiger partial charge in [-0.05, 0) is 63.7 Å². The Morgan fingerprint density at radius 1 is 1.07 bits per heavy atom. The van der Waals surface area contributed by atoms with Gasteiger partial charge in [0.15, 0.2) is 11.5 Å². The zero-order chi connectivity index (χ0) is 18.9. The Kier molecular flexibility index (Phi) is 3.73. The van der Waals surface area contributed by atoms with E-state index in [9.17, 15) is 9.59 Å². The molecule has 0 spiro atoms. The molecule has 0 radical (unpaired) electrons. The number of hydrogen-bond donors (Lipinski definition) is 0. The highest BCUT2D eigenvalue weighted by Gasteiger charge is 2.67. The molecule has 3 fully saturated rings. The first-order valence-corrected chi connectivity index (χ1v) is 9.86. The van der Waals surface area contributed by atoms with E-state index in [2.05, 4.69) is 33.2 Å². The molecule has 1 aromatic rings. The maximum Gasteiger partial charge on any atom is 0.254 e. The Hall–Kier alpha value is -2.15. The van der Waals surface area contributed by atoms with E-state index in [1.165, 1.54) is 6.21 Å². The highest BCUT2D eigenvalue weighted by atomic mass is 79.9. The molecule has 1 aromatic carbocycles. The van der Waals surface area contributed by atoms with Crippen molar-refractivity contribution in [2.75, 3.05) is 14.2 Å². The lowest BCUT2D eigenvalue weighted by Gasteiger charge is -2.37. The molecule has 2 amide bonds. The minimum atomic E-state index is -0.231. The first-order chi connectivity index (χ1) is 13.0. The van der Waals surface area contributed by atoms with Crippen LogP contribution in [0.2, 0.25) is 0 Å². The molecule has 2 saturated carbocycles. The number of amides is 2. The summed E-state index contributed by atoms with van der Waals surface area (Å²) in [6.07, 6.45) is 6.99. The van der Waals surface area contributed by atoms with Crippen molar-refractivity contribution in [2.45, 2.75) is 6.42 Å². The van der Waals surface area contributed by atoms with Crippen molar-refractivity contribution in [1.29, 1.82) is 0 Å². The molecule has 6 atom stereocenters. The van der Waals surface area contributed by atoms with Gasteiger partial charge < -0.3 is 9.47 Å². The summed E-state index contributed by atoms with van der Waals surface area (Å²) in [6, 6.07) is 3.56. The second-order valence-corrected chi connectivity index (χ2v) is 8.48. The highest BCUT2D eigenvalue weighted by molar-refractivity contribution is 9.10. The minimum Gasteiger partial charge on any atom is -0.493 e. The molecule has 5 aliphatic rings. The summed E-state index contributed by atoms with van der Waals surface area (Å²) < 4.78 is 11.3. The van der Waals surface area contributed by atoms with E-state index in [4.69, 9.17) is 9.47 Å². The number of allylic oxidation sites excluding steroid dienone is 2. The predicted octanol–water partition coefficient (Wildman–Crippen LogP) is 2.85. The van der Waals surface area contributed by atoms with E-state index < -0.39 is 0 Å². The van der Waals surface area contributed by atoms with Gasteiger partial charge in [-0.3, -0.25) is 9.59 Å². The molecule has 140 valence electrons. The summed E-state index contributed by atoms with van der Waals surface area (Å²) in [4.78, 5) is 25.8. The van der Waals surface area contributed by atoms with Gasteiger partial charge in [0.2, 0.25) is 0 Å². The third-order valence-corrected chi connectivity index (χ3v) is 7.01. The zero-order valence-electron chi connectivity index (χ0n) is 15.0. The second kappa shape index (κ2) is 5.92. The number of rotatable bonds is 4. The van der Waals surface area contributed by atoms with Gasteiger partial charge in [-0.25, -0.2) is 0 Å². The summed E-state index contributed by atoms with van der Waals surface area (Å²) in [6.45, 7) is 0. The monoisotopic (exact) mass is 430 g/mol. The molecular formula is C20H19BrN2O4. The number of benzene rings is 1. The summed E-state index contributed by atoms with van der Waals surface area (Å²) in [5.41, 5.74) is 0.707. The van der Waals surface area contributed by atoms with Gasteiger partial charge in [0, 0.05) is 0 Å². The number of nitrogens with zero attached hydrogens (tertiary/aromatic N) is 2. The Bertz CT molecular complexity index is 875. The second-order valence-electron chi connectivity index (χ2n) is 7.63. The van der Waals surface area contributed by atoms with Crippen LogP contribution in [0.4, 0.5) is 0 Å². The molecule has 27 heavy (non-hydrogen) atoms. The summed E-state index contributed by atoms with van der Waals surface area (Å²) >= 11 is 3.44. The normalized spacial score (nSPS) is 35.6. The van der Waals surface area contributed by atoms with Crippen molar-refractivity contribution in [2.24, 2.45) is 40.6 Å². The van der Waals surface area contributed by atoms with Gasteiger partial charge >= 0.3 is 0 Å². The van der Waals surface area contributed by atoms with Crippen LogP contribution in [0, 0.1) is 35.5 Å². The van der Waals surface area contributed by atoms with E-state index in [0.29, 0.717) is 33.4 Å². The average molecular weight is 431 g/mol. The van der Waals surface area contributed by atoms with Crippen molar-refractivity contribution in [3.63, 3.8) is 0 Å². The van der Waals surface area contributed by atoms with Crippen molar-refractivity contribution >= 4 is 34.0 Å². The third-order valence-electron chi connectivity index (χ3n) is 6.42. The Morgan fingerprint density at radius 3 is 2.26 bits per heavy atom. The summed E-state index contributed by atoms with van der Waals surface area (Å²) in [7, 11) is 3.12. The lowest BCUT2D eigenvalue weighted by atomic mass is 9.63. The smallest absolute Gasteiger partial charge is 0.254 e. The minimum absolute atomic E-state index is 0.162. The lowest BCUT2D eigenvalue weighted by molar-refractivity contribution is -0.140. The average Bonchev–Trinajstić information content (AvgIpc) is 3.45.